The molecule has 0 radical (unpaired) electrons. The van der Waals surface area contributed by atoms with Gasteiger partial charge < -0.3 is 14.8 Å². The molecule has 2 aliphatic rings. The summed E-state index contributed by atoms with van der Waals surface area (Å²) >= 11 is 6.28. The Morgan fingerprint density at radius 2 is 2.00 bits per heavy atom. The fourth-order valence-electron chi connectivity index (χ4n) is 2.55. The largest absolute Gasteiger partial charge is 0.449 e. The van der Waals surface area contributed by atoms with Gasteiger partial charge in [-0.1, -0.05) is 11.6 Å². The summed E-state index contributed by atoms with van der Waals surface area (Å²) in [5.41, 5.74) is 1.17. The van der Waals surface area contributed by atoms with E-state index in [9.17, 15) is 0 Å². The average molecular weight is 283 g/mol. The van der Waals surface area contributed by atoms with Gasteiger partial charge in [0.1, 0.15) is 0 Å². The highest BCUT2D eigenvalue weighted by molar-refractivity contribution is 6.32. The van der Waals surface area contributed by atoms with Crippen LogP contribution < -0.4 is 14.8 Å². The van der Waals surface area contributed by atoms with Gasteiger partial charge >= 0.3 is 0 Å². The quantitative estimate of drug-likeness (QED) is 0.902. The molecule has 2 aliphatic heterocycles. The van der Waals surface area contributed by atoms with Gasteiger partial charge in [-0.2, -0.15) is 0 Å². The number of halogens is 1. The zero-order valence-corrected chi connectivity index (χ0v) is 12.1. The molecule has 19 heavy (non-hydrogen) atoms. The molecule has 0 amide bonds. The van der Waals surface area contributed by atoms with Gasteiger partial charge in [-0.25, -0.2) is 0 Å². The monoisotopic (exact) mass is 282 g/mol. The van der Waals surface area contributed by atoms with E-state index in [1.54, 1.807) is 0 Å². The molecule has 0 spiro atoms. The topological polar surface area (TPSA) is 33.7 Å². The first-order chi connectivity index (χ1) is 9.03. The van der Waals surface area contributed by atoms with Crippen LogP contribution in [0.5, 0.6) is 11.5 Å². The van der Waals surface area contributed by atoms with Gasteiger partial charge in [0.2, 0.25) is 5.79 Å². The molecule has 5 heteroatoms. The zero-order valence-electron chi connectivity index (χ0n) is 11.3. The van der Waals surface area contributed by atoms with Crippen molar-refractivity contribution in [1.29, 1.82) is 0 Å². The Labute approximate surface area is 118 Å². The molecular formula is C14H19ClN2O2. The predicted molar refractivity (Wildman–Crippen MR) is 74.9 cm³/mol. The van der Waals surface area contributed by atoms with E-state index in [4.69, 9.17) is 21.1 Å². The van der Waals surface area contributed by atoms with E-state index in [0.29, 0.717) is 10.8 Å². The molecule has 3 rings (SSSR count). The average Bonchev–Trinajstić information content (AvgIpc) is 2.65. The minimum absolute atomic E-state index is 0.625. The lowest BCUT2D eigenvalue weighted by molar-refractivity contribution is -0.0431. The molecule has 0 unspecified atom stereocenters. The smallest absolute Gasteiger partial charge is 0.246 e. The molecule has 104 valence electrons. The predicted octanol–water partition coefficient (Wildman–Crippen LogP) is 2.25. The van der Waals surface area contributed by atoms with E-state index < -0.39 is 5.79 Å². The standard InChI is InChI=1S/C14H19ClN2O2/c1-14(2)18-12-8-10(7-11(15)13(12)19-14)9-17-5-3-16-4-6-17/h7-8,16H,3-6,9H2,1-2H3. The first-order valence-electron chi connectivity index (χ1n) is 6.67. The number of rotatable bonds is 2. The van der Waals surface area contributed by atoms with E-state index in [2.05, 4.69) is 10.2 Å². The van der Waals surface area contributed by atoms with Crippen molar-refractivity contribution in [3.05, 3.63) is 22.7 Å². The Kier molecular flexibility index (Phi) is 3.33. The number of fused-ring (bicyclic) bond motifs is 1. The van der Waals surface area contributed by atoms with Crippen LogP contribution >= 0.6 is 11.6 Å². The molecule has 0 aromatic heterocycles. The Hall–Kier alpha value is -0.970. The third-order valence-electron chi connectivity index (χ3n) is 3.39. The van der Waals surface area contributed by atoms with Crippen molar-refractivity contribution in [2.24, 2.45) is 0 Å². The summed E-state index contributed by atoms with van der Waals surface area (Å²) in [6, 6.07) is 4.02. The maximum atomic E-state index is 6.28. The van der Waals surface area contributed by atoms with Crippen LogP contribution in [-0.4, -0.2) is 36.9 Å². The number of nitrogens with one attached hydrogen (secondary N) is 1. The van der Waals surface area contributed by atoms with Crippen LogP contribution in [0.3, 0.4) is 0 Å². The van der Waals surface area contributed by atoms with E-state index in [1.807, 2.05) is 26.0 Å². The van der Waals surface area contributed by atoms with Crippen LogP contribution in [0, 0.1) is 0 Å². The summed E-state index contributed by atoms with van der Waals surface area (Å²) in [4.78, 5) is 2.41. The van der Waals surface area contributed by atoms with Gasteiger partial charge in [-0.3, -0.25) is 4.90 Å². The minimum Gasteiger partial charge on any atom is -0.449 e. The van der Waals surface area contributed by atoms with Crippen molar-refractivity contribution in [2.75, 3.05) is 26.2 Å². The van der Waals surface area contributed by atoms with Crippen molar-refractivity contribution in [1.82, 2.24) is 10.2 Å². The summed E-state index contributed by atoms with van der Waals surface area (Å²) in [7, 11) is 0. The normalized spacial score (nSPS) is 21.6. The number of hydrogen-bond donors (Lipinski definition) is 1. The van der Waals surface area contributed by atoms with E-state index in [1.165, 1.54) is 5.56 Å². The summed E-state index contributed by atoms with van der Waals surface area (Å²) in [6.45, 7) is 8.91. The zero-order chi connectivity index (χ0) is 13.5. The van der Waals surface area contributed by atoms with Crippen LogP contribution in [0.15, 0.2) is 12.1 Å². The van der Waals surface area contributed by atoms with Crippen molar-refractivity contribution >= 4 is 11.6 Å². The van der Waals surface area contributed by atoms with E-state index >= 15 is 0 Å². The molecule has 1 N–H and O–H groups in total. The molecule has 0 atom stereocenters. The van der Waals surface area contributed by atoms with Crippen LogP contribution in [0.4, 0.5) is 0 Å². The fourth-order valence-corrected chi connectivity index (χ4v) is 2.82. The Morgan fingerprint density at radius 1 is 1.26 bits per heavy atom. The lowest BCUT2D eigenvalue weighted by Gasteiger charge is -2.27. The lowest BCUT2D eigenvalue weighted by atomic mass is 10.1. The van der Waals surface area contributed by atoms with Crippen molar-refractivity contribution in [3.63, 3.8) is 0 Å². The number of benzene rings is 1. The molecule has 1 aromatic carbocycles. The summed E-state index contributed by atoms with van der Waals surface area (Å²) < 4.78 is 11.5. The number of ether oxygens (including phenoxy) is 2. The molecular weight excluding hydrogens is 264 g/mol. The summed E-state index contributed by atoms with van der Waals surface area (Å²) in [5, 5.41) is 3.98. The Bertz CT molecular complexity index is 485. The van der Waals surface area contributed by atoms with Gasteiger partial charge in [0.05, 0.1) is 5.02 Å². The second-order valence-electron chi connectivity index (χ2n) is 5.54. The van der Waals surface area contributed by atoms with Crippen molar-refractivity contribution in [2.45, 2.75) is 26.2 Å². The van der Waals surface area contributed by atoms with Gasteiger partial charge in [0, 0.05) is 46.6 Å². The van der Waals surface area contributed by atoms with Gasteiger partial charge in [0.25, 0.3) is 0 Å². The second kappa shape index (κ2) is 4.85. The SMILES string of the molecule is CC1(C)Oc2cc(CN3CCNCC3)cc(Cl)c2O1. The van der Waals surface area contributed by atoms with Gasteiger partial charge in [-0.15, -0.1) is 0 Å². The van der Waals surface area contributed by atoms with Gasteiger partial charge in [0.15, 0.2) is 11.5 Å². The molecule has 4 nitrogen and oxygen atoms in total. The maximum Gasteiger partial charge on any atom is 0.246 e. The van der Waals surface area contributed by atoms with Crippen LogP contribution in [0.1, 0.15) is 19.4 Å². The number of piperazine rings is 1. The Balaban J connectivity index is 1.79. The summed E-state index contributed by atoms with van der Waals surface area (Å²) in [6.07, 6.45) is 0. The minimum atomic E-state index is -0.625. The van der Waals surface area contributed by atoms with Gasteiger partial charge in [-0.05, 0) is 17.7 Å². The van der Waals surface area contributed by atoms with E-state index in [-0.39, 0.29) is 0 Å². The van der Waals surface area contributed by atoms with Crippen LogP contribution in [0.25, 0.3) is 0 Å². The first-order valence-corrected chi connectivity index (χ1v) is 7.05. The fraction of sp³-hybridized carbons (Fsp3) is 0.571. The third-order valence-corrected chi connectivity index (χ3v) is 3.67. The lowest BCUT2D eigenvalue weighted by Crippen LogP contribution is -2.42. The first kappa shape index (κ1) is 13.0. The highest BCUT2D eigenvalue weighted by Gasteiger charge is 2.33. The third kappa shape index (κ3) is 2.81. The molecule has 2 heterocycles. The molecule has 1 saturated heterocycles. The molecule has 0 bridgehead atoms. The van der Waals surface area contributed by atoms with E-state index in [0.717, 1.165) is 38.5 Å². The summed E-state index contributed by atoms with van der Waals surface area (Å²) in [5.74, 6) is 0.790. The number of nitrogens with zero attached hydrogens (tertiary/aromatic N) is 1. The molecule has 1 aromatic rings. The molecule has 0 aliphatic carbocycles. The van der Waals surface area contributed by atoms with Crippen LogP contribution in [0.2, 0.25) is 5.02 Å². The number of hydrogen-bond acceptors (Lipinski definition) is 4. The second-order valence-corrected chi connectivity index (χ2v) is 5.94. The molecule has 1 fully saturated rings. The van der Waals surface area contributed by atoms with Crippen molar-refractivity contribution in [3.8, 4) is 11.5 Å². The highest BCUT2D eigenvalue weighted by atomic mass is 35.5. The molecule has 0 saturated carbocycles. The van der Waals surface area contributed by atoms with Crippen molar-refractivity contribution < 1.29 is 9.47 Å². The Morgan fingerprint density at radius 3 is 2.74 bits per heavy atom. The maximum absolute atomic E-state index is 6.28. The highest BCUT2D eigenvalue weighted by Crippen LogP contribution is 2.45. The van der Waals surface area contributed by atoms with Crippen LogP contribution in [-0.2, 0) is 6.54 Å².